The summed E-state index contributed by atoms with van der Waals surface area (Å²) in [4.78, 5) is 32.9. The average Bonchev–Trinajstić information content (AvgIpc) is 3.73. The second-order valence-corrected chi connectivity index (χ2v) is 10.8. The number of amides is 2. The number of benzene rings is 2. The third-order valence-corrected chi connectivity index (χ3v) is 7.66. The topological polar surface area (TPSA) is 67.2 Å². The first kappa shape index (κ1) is 28.2. The smallest absolute Gasteiger partial charge is 0.261 e. The largest absolute Gasteiger partial charge is 0.484 e. The van der Waals surface area contributed by atoms with Crippen molar-refractivity contribution in [3.8, 4) is 5.75 Å². The average molecular weight is 565 g/mol. The lowest BCUT2D eigenvalue weighted by molar-refractivity contribution is -0.142. The van der Waals surface area contributed by atoms with Crippen molar-refractivity contribution in [2.75, 3.05) is 52.5 Å². The Hall–Kier alpha value is -3.33. The maximum atomic E-state index is 13.7. The van der Waals surface area contributed by atoms with Gasteiger partial charge in [-0.3, -0.25) is 14.5 Å². The summed E-state index contributed by atoms with van der Waals surface area (Å²) in [7, 11) is 0. The van der Waals surface area contributed by atoms with E-state index in [9.17, 15) is 9.59 Å². The highest BCUT2D eigenvalue weighted by Crippen LogP contribution is 2.29. The predicted molar refractivity (Wildman–Crippen MR) is 154 cm³/mol. The lowest BCUT2D eigenvalue weighted by Gasteiger charge is -2.31. The molecule has 0 atom stereocenters. The molecule has 40 heavy (non-hydrogen) atoms. The van der Waals surface area contributed by atoms with E-state index < -0.39 is 0 Å². The van der Waals surface area contributed by atoms with Crippen molar-refractivity contribution in [1.82, 2.24) is 19.3 Å². The molecule has 1 aliphatic carbocycles. The Morgan fingerprint density at radius 3 is 2.42 bits per heavy atom. The zero-order valence-corrected chi connectivity index (χ0v) is 23.5. The van der Waals surface area contributed by atoms with Gasteiger partial charge in [-0.05, 0) is 54.8 Å². The van der Waals surface area contributed by atoms with Gasteiger partial charge >= 0.3 is 0 Å². The summed E-state index contributed by atoms with van der Waals surface area (Å²) < 4.78 is 13.4. The molecule has 0 unspecified atom stereocenters. The normalized spacial score (nSPS) is 15.5. The van der Waals surface area contributed by atoms with Crippen LogP contribution in [-0.2, 0) is 27.4 Å². The van der Waals surface area contributed by atoms with E-state index >= 15 is 0 Å². The lowest BCUT2D eigenvalue weighted by Crippen LogP contribution is -2.48. The SMILES string of the molecule is O=C(COc1ccc(Cl)cc1)N(CCN1CCOCC1)CC(=O)N(Cc1cccn1Cc1ccccc1)C1CC1. The van der Waals surface area contributed by atoms with Gasteiger partial charge in [-0.15, -0.1) is 0 Å². The van der Waals surface area contributed by atoms with Gasteiger partial charge in [-0.1, -0.05) is 41.9 Å². The maximum Gasteiger partial charge on any atom is 0.261 e. The van der Waals surface area contributed by atoms with E-state index in [2.05, 4.69) is 33.9 Å². The fraction of sp³-hybridized carbons (Fsp3) is 0.419. The molecule has 2 aromatic carbocycles. The van der Waals surface area contributed by atoms with Crippen LogP contribution in [0, 0.1) is 0 Å². The number of rotatable bonds is 13. The van der Waals surface area contributed by atoms with Gasteiger partial charge in [0.15, 0.2) is 6.61 Å². The summed E-state index contributed by atoms with van der Waals surface area (Å²) in [5.74, 6) is 0.326. The molecule has 2 heterocycles. The molecule has 5 rings (SSSR count). The Kier molecular flexibility index (Phi) is 9.76. The highest BCUT2D eigenvalue weighted by Gasteiger charge is 2.34. The Balaban J connectivity index is 1.24. The van der Waals surface area contributed by atoms with Gasteiger partial charge in [0.2, 0.25) is 5.91 Å². The molecule has 1 saturated carbocycles. The third-order valence-electron chi connectivity index (χ3n) is 7.40. The van der Waals surface area contributed by atoms with Gasteiger partial charge in [0, 0.05) is 55.7 Å². The van der Waals surface area contributed by atoms with Gasteiger partial charge in [-0.25, -0.2) is 0 Å². The van der Waals surface area contributed by atoms with Gasteiger partial charge in [0.25, 0.3) is 5.91 Å². The first-order valence-corrected chi connectivity index (χ1v) is 14.4. The molecule has 9 heteroatoms. The standard InChI is InChI=1S/C31H37ClN4O4/c32-26-8-12-29(13-9-26)40-24-31(38)35(16-15-33-17-19-39-20-18-33)23-30(37)36(27-10-11-27)22-28-7-4-14-34(28)21-25-5-2-1-3-6-25/h1-9,12-14,27H,10-11,15-24H2. The molecule has 0 N–H and O–H groups in total. The van der Waals surface area contributed by atoms with Crippen LogP contribution in [0.2, 0.25) is 5.02 Å². The van der Waals surface area contributed by atoms with E-state index in [1.165, 1.54) is 5.56 Å². The molecule has 1 aromatic heterocycles. The van der Waals surface area contributed by atoms with Crippen LogP contribution >= 0.6 is 11.6 Å². The fourth-order valence-corrected chi connectivity index (χ4v) is 5.04. The van der Waals surface area contributed by atoms with Crippen molar-refractivity contribution in [2.24, 2.45) is 0 Å². The van der Waals surface area contributed by atoms with Gasteiger partial charge < -0.3 is 23.8 Å². The number of hydrogen-bond donors (Lipinski definition) is 0. The number of aromatic nitrogens is 1. The van der Waals surface area contributed by atoms with Crippen LogP contribution in [0.5, 0.6) is 5.75 Å². The minimum Gasteiger partial charge on any atom is -0.484 e. The minimum atomic E-state index is -0.209. The van der Waals surface area contributed by atoms with E-state index in [0.29, 0.717) is 43.6 Å². The molecule has 212 valence electrons. The number of carbonyl (C=O) groups is 2. The highest BCUT2D eigenvalue weighted by atomic mass is 35.5. The molecule has 2 amide bonds. The number of morpholine rings is 1. The summed E-state index contributed by atoms with van der Waals surface area (Å²) in [6.45, 7) is 5.33. The van der Waals surface area contributed by atoms with Crippen LogP contribution in [0.1, 0.15) is 24.1 Å². The number of carbonyl (C=O) groups excluding carboxylic acids is 2. The van der Waals surface area contributed by atoms with Crippen molar-refractivity contribution in [3.05, 3.63) is 89.2 Å². The molecule has 2 aliphatic rings. The molecule has 1 saturated heterocycles. The number of hydrogen-bond acceptors (Lipinski definition) is 5. The molecular weight excluding hydrogens is 528 g/mol. The molecular formula is C31H37ClN4O4. The van der Waals surface area contributed by atoms with Crippen molar-refractivity contribution in [2.45, 2.75) is 32.0 Å². The van der Waals surface area contributed by atoms with E-state index in [0.717, 1.165) is 38.2 Å². The predicted octanol–water partition coefficient (Wildman–Crippen LogP) is 3.92. The van der Waals surface area contributed by atoms with Crippen LogP contribution in [-0.4, -0.2) is 89.7 Å². The van der Waals surface area contributed by atoms with Crippen molar-refractivity contribution >= 4 is 23.4 Å². The fourth-order valence-electron chi connectivity index (χ4n) is 4.91. The van der Waals surface area contributed by atoms with Crippen molar-refractivity contribution < 1.29 is 19.1 Å². The second kappa shape index (κ2) is 13.8. The van der Waals surface area contributed by atoms with E-state index in [4.69, 9.17) is 21.1 Å². The molecule has 8 nitrogen and oxygen atoms in total. The van der Waals surface area contributed by atoms with Crippen molar-refractivity contribution in [3.63, 3.8) is 0 Å². The summed E-state index contributed by atoms with van der Waals surface area (Å²) in [5, 5.41) is 0.603. The molecule has 0 spiro atoms. The second-order valence-electron chi connectivity index (χ2n) is 10.4. The zero-order chi connectivity index (χ0) is 27.7. The minimum absolute atomic E-state index is 0.0308. The lowest BCUT2D eigenvalue weighted by atomic mass is 10.2. The first-order chi connectivity index (χ1) is 19.5. The molecule has 2 fully saturated rings. The van der Waals surface area contributed by atoms with Crippen LogP contribution < -0.4 is 4.74 Å². The number of ether oxygens (including phenoxy) is 2. The Morgan fingerprint density at radius 2 is 1.70 bits per heavy atom. The van der Waals surface area contributed by atoms with Crippen LogP contribution in [0.3, 0.4) is 0 Å². The Labute approximate surface area is 241 Å². The third kappa shape index (κ3) is 8.10. The summed E-state index contributed by atoms with van der Waals surface area (Å²) in [6, 6.07) is 21.5. The monoisotopic (exact) mass is 564 g/mol. The van der Waals surface area contributed by atoms with Gasteiger partial charge in [0.1, 0.15) is 5.75 Å². The van der Waals surface area contributed by atoms with Gasteiger partial charge in [-0.2, -0.15) is 0 Å². The van der Waals surface area contributed by atoms with Crippen molar-refractivity contribution in [1.29, 1.82) is 0 Å². The number of halogens is 1. The van der Waals surface area contributed by atoms with E-state index in [1.807, 2.05) is 29.2 Å². The first-order valence-electron chi connectivity index (χ1n) is 14.0. The zero-order valence-electron chi connectivity index (χ0n) is 22.8. The van der Waals surface area contributed by atoms with Crippen LogP contribution in [0.25, 0.3) is 0 Å². The maximum absolute atomic E-state index is 13.7. The summed E-state index contributed by atoms with van der Waals surface area (Å²) >= 11 is 5.97. The number of nitrogens with zero attached hydrogens (tertiary/aromatic N) is 4. The Morgan fingerprint density at radius 1 is 0.950 bits per heavy atom. The molecule has 3 aromatic rings. The molecule has 0 bridgehead atoms. The van der Waals surface area contributed by atoms with E-state index in [1.54, 1.807) is 29.2 Å². The van der Waals surface area contributed by atoms with Crippen LogP contribution in [0.15, 0.2) is 72.9 Å². The van der Waals surface area contributed by atoms with Crippen LogP contribution in [0.4, 0.5) is 0 Å². The molecule has 0 radical (unpaired) electrons. The quantitative estimate of drug-likeness (QED) is 0.315. The highest BCUT2D eigenvalue weighted by molar-refractivity contribution is 6.30. The molecule has 1 aliphatic heterocycles. The Bertz CT molecular complexity index is 1240. The van der Waals surface area contributed by atoms with Gasteiger partial charge in [0.05, 0.1) is 26.3 Å². The summed E-state index contributed by atoms with van der Waals surface area (Å²) in [6.07, 6.45) is 4.04. The summed E-state index contributed by atoms with van der Waals surface area (Å²) in [5.41, 5.74) is 2.30. The van der Waals surface area contributed by atoms with E-state index in [-0.39, 0.29) is 31.0 Å².